The summed E-state index contributed by atoms with van der Waals surface area (Å²) in [5.41, 5.74) is 1.64. The Morgan fingerprint density at radius 3 is 2.32 bits per heavy atom. The number of aryl methyl sites for hydroxylation is 1. The Hall–Kier alpha value is -2.48. The summed E-state index contributed by atoms with van der Waals surface area (Å²) in [5, 5.41) is 4.62. The first kappa shape index (κ1) is 18.9. The summed E-state index contributed by atoms with van der Waals surface area (Å²) < 4.78 is 17.5. The molecule has 0 aliphatic heterocycles. The number of nitrogens with one attached hydrogen (secondary N) is 1. The van der Waals surface area contributed by atoms with Crippen molar-refractivity contribution in [1.29, 1.82) is 0 Å². The highest BCUT2D eigenvalue weighted by Gasteiger charge is 2.13. The molecule has 0 aliphatic rings. The maximum atomic E-state index is 12.1. The molecule has 0 saturated carbocycles. The van der Waals surface area contributed by atoms with E-state index in [-0.39, 0.29) is 17.2 Å². The van der Waals surface area contributed by atoms with Gasteiger partial charge in [-0.3, -0.25) is 9.59 Å². The molecule has 25 heavy (non-hydrogen) atoms. The minimum Gasteiger partial charge on any atom is -0.496 e. The summed E-state index contributed by atoms with van der Waals surface area (Å²) in [6.07, 6.45) is 0.229. The van der Waals surface area contributed by atoms with E-state index in [1.165, 1.54) is 0 Å². The summed E-state index contributed by atoms with van der Waals surface area (Å²) in [5.74, 6) is 1.58. The Labute approximate surface area is 150 Å². The molecule has 0 atom stereocenters. The van der Waals surface area contributed by atoms with Crippen LogP contribution >= 0.6 is 11.3 Å². The van der Waals surface area contributed by atoms with Gasteiger partial charge in [0.25, 0.3) is 0 Å². The highest BCUT2D eigenvalue weighted by Crippen LogP contribution is 2.34. The molecule has 0 spiro atoms. The second kappa shape index (κ2) is 8.57. The largest absolute Gasteiger partial charge is 0.496 e. The number of ether oxygens (including phenoxy) is 3. The average molecular weight is 366 g/mol. The lowest BCUT2D eigenvalue weighted by atomic mass is 10.1. The normalized spacial score (nSPS) is 10.4. The van der Waals surface area contributed by atoms with Crippen LogP contribution in [0.15, 0.2) is 22.3 Å². The van der Waals surface area contributed by atoms with Gasteiger partial charge in [0, 0.05) is 42.2 Å². The van der Waals surface area contributed by atoms with Crippen LogP contribution in [0.25, 0.3) is 0 Å². The molecule has 0 bridgehead atoms. The zero-order valence-corrected chi connectivity index (χ0v) is 15.6. The molecule has 0 aliphatic carbocycles. The van der Waals surface area contributed by atoms with Crippen LogP contribution in [0.2, 0.25) is 0 Å². The lowest BCUT2D eigenvalue weighted by Gasteiger charge is -2.14. The Morgan fingerprint density at radius 1 is 1.12 bits per heavy atom. The van der Waals surface area contributed by atoms with Crippen molar-refractivity contribution in [3.8, 4) is 17.2 Å². The molecule has 8 heteroatoms. The Balaban J connectivity index is 2.00. The number of rotatable bonds is 8. The van der Waals surface area contributed by atoms with Crippen LogP contribution in [0, 0.1) is 6.92 Å². The number of carbonyl (C=O) groups is 1. The van der Waals surface area contributed by atoms with E-state index in [0.29, 0.717) is 30.3 Å². The quantitative estimate of drug-likeness (QED) is 0.773. The van der Waals surface area contributed by atoms with E-state index in [2.05, 4.69) is 5.32 Å². The molecule has 7 nitrogen and oxygen atoms in total. The van der Waals surface area contributed by atoms with Gasteiger partial charge < -0.3 is 24.1 Å². The van der Waals surface area contributed by atoms with E-state index >= 15 is 0 Å². The van der Waals surface area contributed by atoms with Crippen LogP contribution in [0.1, 0.15) is 17.7 Å². The molecule has 0 radical (unpaired) electrons. The molecule has 2 aromatic rings. The maximum Gasteiger partial charge on any atom is 0.307 e. The van der Waals surface area contributed by atoms with E-state index in [4.69, 9.17) is 14.2 Å². The highest BCUT2D eigenvalue weighted by molar-refractivity contribution is 7.07. The van der Waals surface area contributed by atoms with Crippen molar-refractivity contribution in [3.05, 3.63) is 38.4 Å². The van der Waals surface area contributed by atoms with Crippen molar-refractivity contribution in [3.63, 3.8) is 0 Å². The number of nitrogens with zero attached hydrogens (tertiary/aromatic N) is 1. The summed E-state index contributed by atoms with van der Waals surface area (Å²) in [6, 6.07) is 3.49. The second-order valence-corrected chi connectivity index (χ2v) is 6.16. The molecule has 0 fully saturated rings. The fourth-order valence-corrected chi connectivity index (χ4v) is 3.16. The van der Waals surface area contributed by atoms with Crippen LogP contribution in [0.3, 0.4) is 0 Å². The molecule has 2 rings (SSSR count). The highest BCUT2D eigenvalue weighted by atomic mass is 32.1. The van der Waals surface area contributed by atoms with Gasteiger partial charge in [-0.15, -0.1) is 0 Å². The van der Waals surface area contributed by atoms with Crippen molar-refractivity contribution in [2.75, 3.05) is 21.3 Å². The minimum atomic E-state index is -0.144. The van der Waals surface area contributed by atoms with Crippen molar-refractivity contribution < 1.29 is 19.0 Å². The summed E-state index contributed by atoms with van der Waals surface area (Å²) in [4.78, 5) is 23.7. The van der Waals surface area contributed by atoms with Gasteiger partial charge >= 0.3 is 4.87 Å². The van der Waals surface area contributed by atoms with Crippen LogP contribution < -0.4 is 24.4 Å². The summed E-state index contributed by atoms with van der Waals surface area (Å²) in [6.45, 7) is 2.51. The van der Waals surface area contributed by atoms with E-state index in [1.807, 2.05) is 6.92 Å². The van der Waals surface area contributed by atoms with Gasteiger partial charge in [-0.05, 0) is 13.0 Å². The Kier molecular flexibility index (Phi) is 6.46. The number of benzene rings is 1. The van der Waals surface area contributed by atoms with Gasteiger partial charge in [-0.25, -0.2) is 0 Å². The van der Waals surface area contributed by atoms with Crippen LogP contribution in [-0.4, -0.2) is 31.8 Å². The zero-order chi connectivity index (χ0) is 18.4. The van der Waals surface area contributed by atoms with Gasteiger partial charge in [0.2, 0.25) is 5.91 Å². The van der Waals surface area contributed by atoms with Gasteiger partial charge in [-0.1, -0.05) is 11.3 Å². The molecule has 1 N–H and O–H groups in total. The average Bonchev–Trinajstić information content (AvgIpc) is 2.95. The van der Waals surface area contributed by atoms with Crippen LogP contribution in [0.5, 0.6) is 17.2 Å². The number of aromatic nitrogens is 1. The zero-order valence-electron chi connectivity index (χ0n) is 14.8. The van der Waals surface area contributed by atoms with E-state index in [0.717, 1.165) is 22.6 Å². The lowest BCUT2D eigenvalue weighted by Crippen LogP contribution is -2.26. The number of carbonyl (C=O) groups excluding carboxylic acids is 1. The monoisotopic (exact) mass is 366 g/mol. The molecule has 1 aromatic carbocycles. The molecule has 1 heterocycles. The van der Waals surface area contributed by atoms with Gasteiger partial charge in [0.05, 0.1) is 21.3 Å². The first-order valence-electron chi connectivity index (χ1n) is 7.70. The second-order valence-electron chi connectivity index (χ2n) is 5.34. The number of methoxy groups -OCH3 is 3. The van der Waals surface area contributed by atoms with E-state index < -0.39 is 0 Å². The Bertz CT molecular complexity index is 797. The fourth-order valence-electron chi connectivity index (χ4n) is 2.40. The summed E-state index contributed by atoms with van der Waals surface area (Å²) >= 11 is 1.14. The third kappa shape index (κ3) is 4.54. The first-order chi connectivity index (χ1) is 12.0. The molecular weight excluding hydrogens is 344 g/mol. The maximum absolute atomic E-state index is 12.1. The van der Waals surface area contributed by atoms with Crippen molar-refractivity contribution in [2.45, 2.75) is 26.4 Å². The SMILES string of the molecule is COc1cc(OC)c(OC)cc1CNC(=O)CCn1c(C)csc1=O. The third-order valence-corrected chi connectivity index (χ3v) is 4.68. The smallest absolute Gasteiger partial charge is 0.307 e. The standard InChI is InChI=1S/C17H22N2O5S/c1-11-10-25-17(21)19(11)6-5-16(20)18-9-12-7-14(23-3)15(24-4)8-13(12)22-2/h7-8,10H,5-6,9H2,1-4H3,(H,18,20). The minimum absolute atomic E-state index is 0.0492. The van der Waals surface area contributed by atoms with Gasteiger partial charge in [0.15, 0.2) is 11.5 Å². The Morgan fingerprint density at radius 2 is 1.76 bits per heavy atom. The third-order valence-electron chi connectivity index (χ3n) is 3.80. The number of hydrogen-bond acceptors (Lipinski definition) is 6. The van der Waals surface area contributed by atoms with E-state index in [9.17, 15) is 9.59 Å². The molecule has 1 amide bonds. The number of hydrogen-bond donors (Lipinski definition) is 1. The predicted molar refractivity (Wildman–Crippen MR) is 95.9 cm³/mol. The van der Waals surface area contributed by atoms with Crippen molar-refractivity contribution in [1.82, 2.24) is 9.88 Å². The van der Waals surface area contributed by atoms with Gasteiger partial charge in [0.1, 0.15) is 5.75 Å². The first-order valence-corrected chi connectivity index (χ1v) is 8.58. The van der Waals surface area contributed by atoms with Crippen molar-refractivity contribution in [2.24, 2.45) is 0 Å². The fraction of sp³-hybridized carbons (Fsp3) is 0.412. The lowest BCUT2D eigenvalue weighted by molar-refractivity contribution is -0.121. The molecule has 1 aromatic heterocycles. The van der Waals surface area contributed by atoms with Crippen LogP contribution in [0.4, 0.5) is 0 Å². The molecule has 136 valence electrons. The van der Waals surface area contributed by atoms with Gasteiger partial charge in [-0.2, -0.15) is 0 Å². The molecule has 0 unspecified atom stereocenters. The molecule has 0 saturated heterocycles. The van der Waals surface area contributed by atoms with E-state index in [1.54, 1.807) is 43.4 Å². The summed E-state index contributed by atoms with van der Waals surface area (Å²) in [7, 11) is 4.65. The van der Waals surface area contributed by atoms with Crippen LogP contribution in [-0.2, 0) is 17.9 Å². The molecular formula is C17H22N2O5S. The van der Waals surface area contributed by atoms with Crippen molar-refractivity contribution >= 4 is 17.2 Å². The number of thiazole rings is 1. The predicted octanol–water partition coefficient (Wildman–Crippen LogP) is 1.95. The topological polar surface area (TPSA) is 78.8 Å². The number of amides is 1.